The van der Waals surface area contributed by atoms with E-state index in [4.69, 9.17) is 4.74 Å². The number of aliphatic imine (C=N–C) groups is 1. The van der Waals surface area contributed by atoms with Gasteiger partial charge in [0, 0.05) is 31.2 Å². The second kappa shape index (κ2) is 9.57. The first kappa shape index (κ1) is 17.7. The molecular formula is C14H21BrIN3O. The summed E-state index contributed by atoms with van der Waals surface area (Å²) in [4.78, 5) is 4.21. The van der Waals surface area contributed by atoms with Crippen molar-refractivity contribution in [3.63, 3.8) is 0 Å². The lowest BCUT2D eigenvalue weighted by Crippen LogP contribution is -2.40. The number of guanidine groups is 1. The Morgan fingerprint density at radius 1 is 1.45 bits per heavy atom. The van der Waals surface area contributed by atoms with E-state index in [-0.39, 0.29) is 24.0 Å². The van der Waals surface area contributed by atoms with Gasteiger partial charge < -0.3 is 15.4 Å². The van der Waals surface area contributed by atoms with Crippen molar-refractivity contribution in [2.45, 2.75) is 25.5 Å². The van der Waals surface area contributed by atoms with Crippen LogP contribution in [-0.2, 0) is 11.3 Å². The van der Waals surface area contributed by atoms with Crippen molar-refractivity contribution in [3.8, 4) is 0 Å². The zero-order valence-corrected chi connectivity index (χ0v) is 15.5. The van der Waals surface area contributed by atoms with Crippen LogP contribution in [0.5, 0.6) is 0 Å². The maximum atomic E-state index is 5.57. The van der Waals surface area contributed by atoms with Crippen LogP contribution >= 0.6 is 39.9 Å². The lowest BCUT2D eigenvalue weighted by atomic mass is 10.2. The van der Waals surface area contributed by atoms with Gasteiger partial charge in [-0.3, -0.25) is 4.99 Å². The van der Waals surface area contributed by atoms with Crippen LogP contribution in [0, 0.1) is 0 Å². The Hall–Kier alpha value is -0.340. The largest absolute Gasteiger partial charge is 0.376 e. The SMILES string of the molecule is CN=C(NCc1cccc(Br)c1)NCC1CCCO1.I. The molecule has 4 nitrogen and oxygen atoms in total. The third kappa shape index (κ3) is 5.97. The van der Waals surface area contributed by atoms with Gasteiger partial charge in [-0.15, -0.1) is 24.0 Å². The van der Waals surface area contributed by atoms with E-state index in [9.17, 15) is 0 Å². The molecule has 1 aromatic carbocycles. The summed E-state index contributed by atoms with van der Waals surface area (Å²) < 4.78 is 6.67. The quantitative estimate of drug-likeness (QED) is 0.418. The molecule has 0 radical (unpaired) electrons. The Morgan fingerprint density at radius 2 is 2.30 bits per heavy atom. The maximum Gasteiger partial charge on any atom is 0.191 e. The summed E-state index contributed by atoms with van der Waals surface area (Å²) in [6.07, 6.45) is 2.62. The molecule has 0 spiro atoms. The molecule has 6 heteroatoms. The molecule has 2 N–H and O–H groups in total. The number of nitrogens with zero attached hydrogens (tertiary/aromatic N) is 1. The first-order valence-electron chi connectivity index (χ1n) is 6.58. The first-order valence-corrected chi connectivity index (χ1v) is 7.38. The van der Waals surface area contributed by atoms with E-state index >= 15 is 0 Å². The molecule has 0 aliphatic carbocycles. The van der Waals surface area contributed by atoms with Crippen LogP contribution < -0.4 is 10.6 Å². The smallest absolute Gasteiger partial charge is 0.191 e. The summed E-state index contributed by atoms with van der Waals surface area (Å²) in [5.74, 6) is 0.815. The van der Waals surface area contributed by atoms with Gasteiger partial charge in [0.1, 0.15) is 0 Å². The molecule has 112 valence electrons. The molecular weight excluding hydrogens is 433 g/mol. The van der Waals surface area contributed by atoms with Crippen molar-refractivity contribution in [2.24, 2.45) is 4.99 Å². The number of nitrogens with one attached hydrogen (secondary N) is 2. The van der Waals surface area contributed by atoms with E-state index in [0.29, 0.717) is 6.10 Å². The summed E-state index contributed by atoms with van der Waals surface area (Å²) in [5, 5.41) is 6.60. The number of halogens is 2. The highest BCUT2D eigenvalue weighted by atomic mass is 127. The van der Waals surface area contributed by atoms with E-state index < -0.39 is 0 Å². The third-order valence-electron chi connectivity index (χ3n) is 3.09. The van der Waals surface area contributed by atoms with E-state index in [1.165, 1.54) is 5.56 Å². The highest BCUT2D eigenvalue weighted by Gasteiger charge is 2.15. The number of benzene rings is 1. The average Bonchev–Trinajstić information content (AvgIpc) is 2.92. The molecule has 1 aliphatic rings. The zero-order chi connectivity index (χ0) is 13.5. The van der Waals surface area contributed by atoms with Crippen molar-refractivity contribution in [1.29, 1.82) is 0 Å². The topological polar surface area (TPSA) is 45.7 Å². The lowest BCUT2D eigenvalue weighted by molar-refractivity contribution is 0.114. The van der Waals surface area contributed by atoms with E-state index in [2.05, 4.69) is 43.7 Å². The van der Waals surface area contributed by atoms with Gasteiger partial charge in [0.25, 0.3) is 0 Å². The Kier molecular flexibility index (Phi) is 8.47. The molecule has 20 heavy (non-hydrogen) atoms. The van der Waals surface area contributed by atoms with Crippen molar-refractivity contribution in [2.75, 3.05) is 20.2 Å². The number of hydrogen-bond donors (Lipinski definition) is 2. The summed E-state index contributed by atoms with van der Waals surface area (Å²) in [6.45, 7) is 2.46. The van der Waals surface area contributed by atoms with Crippen LogP contribution in [0.15, 0.2) is 33.7 Å². The molecule has 1 fully saturated rings. The van der Waals surface area contributed by atoms with Gasteiger partial charge in [-0.2, -0.15) is 0 Å². The molecule has 0 saturated carbocycles. The Morgan fingerprint density at radius 3 is 2.95 bits per heavy atom. The average molecular weight is 454 g/mol. The van der Waals surface area contributed by atoms with Gasteiger partial charge in [-0.1, -0.05) is 28.1 Å². The molecule has 1 aliphatic heterocycles. The molecule has 0 aromatic heterocycles. The van der Waals surface area contributed by atoms with E-state index in [1.807, 2.05) is 12.1 Å². The Bertz CT molecular complexity index is 436. The molecule has 1 unspecified atom stereocenters. The summed E-state index contributed by atoms with van der Waals surface area (Å²) in [7, 11) is 1.78. The predicted molar refractivity (Wildman–Crippen MR) is 96.7 cm³/mol. The van der Waals surface area contributed by atoms with Crippen molar-refractivity contribution >= 4 is 45.9 Å². The molecule has 0 bridgehead atoms. The van der Waals surface area contributed by atoms with Gasteiger partial charge in [0.05, 0.1) is 6.10 Å². The standard InChI is InChI=1S/C14H20BrN3O.HI/c1-16-14(18-10-13-6-3-7-19-13)17-9-11-4-2-5-12(15)8-11;/h2,4-5,8,13H,3,6-7,9-10H2,1H3,(H2,16,17,18);1H. The third-order valence-corrected chi connectivity index (χ3v) is 3.59. The fourth-order valence-electron chi connectivity index (χ4n) is 2.07. The predicted octanol–water partition coefficient (Wildman–Crippen LogP) is 2.91. The van der Waals surface area contributed by atoms with Crippen molar-refractivity contribution < 1.29 is 4.74 Å². The molecule has 1 aromatic rings. The van der Waals surface area contributed by atoms with Crippen LogP contribution in [0.1, 0.15) is 18.4 Å². The normalized spacial score (nSPS) is 18.5. The van der Waals surface area contributed by atoms with Gasteiger partial charge in [0.15, 0.2) is 5.96 Å². The Labute approximate surface area is 145 Å². The van der Waals surface area contributed by atoms with Crippen LogP contribution in [0.25, 0.3) is 0 Å². The lowest BCUT2D eigenvalue weighted by Gasteiger charge is -2.15. The second-order valence-corrected chi connectivity index (χ2v) is 5.49. The summed E-state index contributed by atoms with van der Waals surface area (Å²) >= 11 is 3.47. The van der Waals surface area contributed by atoms with Crippen LogP contribution in [0.2, 0.25) is 0 Å². The maximum absolute atomic E-state index is 5.57. The van der Waals surface area contributed by atoms with Gasteiger partial charge in [-0.25, -0.2) is 0 Å². The molecule has 1 atom stereocenters. The summed E-state index contributed by atoms with van der Waals surface area (Å²) in [5.41, 5.74) is 1.22. The van der Waals surface area contributed by atoms with Crippen LogP contribution in [0.3, 0.4) is 0 Å². The molecule has 1 heterocycles. The number of ether oxygens (including phenoxy) is 1. The van der Waals surface area contributed by atoms with Crippen LogP contribution in [-0.4, -0.2) is 32.3 Å². The zero-order valence-electron chi connectivity index (χ0n) is 11.6. The van der Waals surface area contributed by atoms with Crippen molar-refractivity contribution in [3.05, 3.63) is 34.3 Å². The second-order valence-electron chi connectivity index (χ2n) is 4.57. The first-order chi connectivity index (χ1) is 9.28. The van der Waals surface area contributed by atoms with Gasteiger partial charge >= 0.3 is 0 Å². The molecule has 1 saturated heterocycles. The highest BCUT2D eigenvalue weighted by Crippen LogP contribution is 2.11. The minimum atomic E-state index is 0. The number of hydrogen-bond acceptors (Lipinski definition) is 2. The highest BCUT2D eigenvalue weighted by molar-refractivity contribution is 14.0. The van der Waals surface area contributed by atoms with Crippen LogP contribution in [0.4, 0.5) is 0 Å². The fourth-order valence-corrected chi connectivity index (χ4v) is 2.52. The summed E-state index contributed by atoms with van der Waals surface area (Å²) in [6, 6.07) is 8.24. The Balaban J connectivity index is 0.00000200. The minimum absolute atomic E-state index is 0. The monoisotopic (exact) mass is 453 g/mol. The van der Waals surface area contributed by atoms with Gasteiger partial charge in [0.2, 0.25) is 0 Å². The number of rotatable bonds is 4. The van der Waals surface area contributed by atoms with E-state index in [1.54, 1.807) is 7.05 Å². The van der Waals surface area contributed by atoms with Crippen molar-refractivity contribution in [1.82, 2.24) is 10.6 Å². The fraction of sp³-hybridized carbons (Fsp3) is 0.500. The molecule has 2 rings (SSSR count). The van der Waals surface area contributed by atoms with Gasteiger partial charge in [-0.05, 0) is 30.5 Å². The van der Waals surface area contributed by atoms with E-state index in [0.717, 1.165) is 43.0 Å². The minimum Gasteiger partial charge on any atom is -0.376 e. The molecule has 0 amide bonds.